The standard InChI is InChI=1S/C23H24N2O.C17H25N.C6H14.C2H4/c1-3-25(23(26)20-10-4-17(2)5-11-20)22-14-8-19(9-15-22)16-18-6-12-21(24)13-7-18;1-4-16(17-10-6-5-9-14(17)2)13-15(3)18-11-7-8-12-18;1-5(2)6(3)4;1-2/h4-15H,3,16,24H2,1-2H3;4-6,9-10,15H,7-8,11-13H2,1-3H3;5-6H,1-4H3;1-2H2/b;16-4-;;. The zero-order chi connectivity index (χ0) is 38.6. The Morgan fingerprint density at radius 1 is 0.788 bits per heavy atom. The van der Waals surface area contributed by atoms with Gasteiger partial charge in [0.05, 0.1) is 0 Å². The van der Waals surface area contributed by atoms with E-state index in [-0.39, 0.29) is 5.91 Å². The average Bonchev–Trinajstić information content (AvgIpc) is 3.70. The molecule has 52 heavy (non-hydrogen) atoms. The molecule has 0 spiro atoms. The van der Waals surface area contributed by atoms with Crippen molar-refractivity contribution in [1.29, 1.82) is 0 Å². The van der Waals surface area contributed by atoms with E-state index in [1.165, 1.54) is 60.2 Å². The van der Waals surface area contributed by atoms with Crippen molar-refractivity contribution in [3.05, 3.63) is 150 Å². The number of nitrogens with zero attached hydrogens (tertiary/aromatic N) is 2. The minimum absolute atomic E-state index is 0.0267. The predicted molar refractivity (Wildman–Crippen MR) is 229 cm³/mol. The number of rotatable bonds is 10. The van der Waals surface area contributed by atoms with Crippen LogP contribution in [0.3, 0.4) is 0 Å². The lowest BCUT2D eigenvalue weighted by molar-refractivity contribution is 0.0988. The van der Waals surface area contributed by atoms with E-state index in [2.05, 4.69) is 109 Å². The van der Waals surface area contributed by atoms with E-state index in [0.29, 0.717) is 18.2 Å². The molecule has 4 aromatic rings. The fourth-order valence-electron chi connectivity index (χ4n) is 5.91. The zero-order valence-electron chi connectivity index (χ0n) is 33.8. The monoisotopic (exact) mass is 702 g/mol. The third-order valence-corrected chi connectivity index (χ3v) is 9.95. The first-order chi connectivity index (χ1) is 24.9. The first-order valence-electron chi connectivity index (χ1n) is 19.2. The molecule has 280 valence electrons. The maximum Gasteiger partial charge on any atom is 0.258 e. The molecule has 0 aromatic heterocycles. The number of benzene rings is 4. The number of carbonyl (C=O) groups excluding carboxylic acids is 1. The van der Waals surface area contributed by atoms with Crippen molar-refractivity contribution in [2.24, 2.45) is 11.8 Å². The van der Waals surface area contributed by atoms with Gasteiger partial charge in [0.1, 0.15) is 0 Å². The number of nitrogen functional groups attached to an aromatic ring is 1. The SMILES string of the molecule is C/C=C(/CC(C)N1CCCC1)c1ccccc1C.C=C.CC(C)C(C)C.CCN(C(=O)c1ccc(C)cc1)c1ccc(Cc2ccc(N)cc2)cc1. The van der Waals surface area contributed by atoms with Gasteiger partial charge in [-0.15, -0.1) is 13.2 Å². The topological polar surface area (TPSA) is 49.6 Å². The van der Waals surface area contributed by atoms with Gasteiger partial charge in [0, 0.05) is 29.5 Å². The normalized spacial score (nSPS) is 13.2. The van der Waals surface area contributed by atoms with Crippen molar-refractivity contribution in [2.75, 3.05) is 30.3 Å². The van der Waals surface area contributed by atoms with Gasteiger partial charge in [-0.05, 0) is 149 Å². The van der Waals surface area contributed by atoms with Gasteiger partial charge in [0.25, 0.3) is 5.91 Å². The second kappa shape index (κ2) is 23.2. The Balaban J connectivity index is 0.000000312. The molecule has 1 aliphatic heterocycles. The summed E-state index contributed by atoms with van der Waals surface area (Å²) in [6.07, 6.45) is 7.05. The van der Waals surface area contributed by atoms with Crippen LogP contribution in [-0.4, -0.2) is 36.5 Å². The van der Waals surface area contributed by atoms with Crippen LogP contribution in [-0.2, 0) is 6.42 Å². The molecule has 1 aliphatic rings. The van der Waals surface area contributed by atoms with Gasteiger partial charge in [-0.2, -0.15) is 0 Å². The smallest absolute Gasteiger partial charge is 0.258 e. The van der Waals surface area contributed by atoms with Crippen LogP contribution in [0.5, 0.6) is 0 Å². The second-order valence-electron chi connectivity index (χ2n) is 14.4. The van der Waals surface area contributed by atoms with Crippen LogP contribution in [0, 0.1) is 25.7 Å². The number of hydrogen-bond acceptors (Lipinski definition) is 3. The quantitative estimate of drug-likeness (QED) is 0.132. The summed E-state index contributed by atoms with van der Waals surface area (Å²) in [5, 5.41) is 0. The molecule has 2 N–H and O–H groups in total. The number of hydrogen-bond donors (Lipinski definition) is 1. The van der Waals surface area contributed by atoms with Gasteiger partial charge in [-0.25, -0.2) is 0 Å². The van der Waals surface area contributed by atoms with Crippen molar-refractivity contribution in [3.8, 4) is 0 Å². The highest BCUT2D eigenvalue weighted by molar-refractivity contribution is 6.06. The molecule has 0 bridgehead atoms. The summed E-state index contributed by atoms with van der Waals surface area (Å²) in [5.74, 6) is 1.73. The molecule has 1 heterocycles. The fourth-order valence-corrected chi connectivity index (χ4v) is 5.91. The van der Waals surface area contributed by atoms with E-state index < -0.39 is 0 Å². The van der Waals surface area contributed by atoms with E-state index in [1.807, 2.05) is 74.5 Å². The van der Waals surface area contributed by atoms with Crippen molar-refractivity contribution in [1.82, 2.24) is 4.90 Å². The van der Waals surface area contributed by atoms with Gasteiger partial charge >= 0.3 is 0 Å². The average molecular weight is 702 g/mol. The number of aryl methyl sites for hydroxylation is 2. The lowest BCUT2D eigenvalue weighted by atomic mass is 9.95. The number of nitrogens with two attached hydrogens (primary N) is 1. The van der Waals surface area contributed by atoms with Crippen molar-refractivity contribution in [3.63, 3.8) is 0 Å². The van der Waals surface area contributed by atoms with Crippen LogP contribution in [0.2, 0.25) is 0 Å². The molecule has 1 amide bonds. The van der Waals surface area contributed by atoms with Gasteiger partial charge in [0.2, 0.25) is 0 Å². The summed E-state index contributed by atoms with van der Waals surface area (Å²) in [5.41, 5.74) is 16.0. The fraction of sp³-hybridized carbons (Fsp3) is 0.396. The van der Waals surface area contributed by atoms with Crippen LogP contribution < -0.4 is 10.6 Å². The van der Waals surface area contributed by atoms with Crippen LogP contribution in [0.4, 0.5) is 11.4 Å². The number of anilines is 2. The predicted octanol–water partition coefficient (Wildman–Crippen LogP) is 12.2. The molecule has 0 radical (unpaired) electrons. The molecule has 1 unspecified atom stereocenters. The van der Waals surface area contributed by atoms with Crippen LogP contribution >= 0.6 is 0 Å². The minimum atomic E-state index is 0.0267. The van der Waals surface area contributed by atoms with E-state index in [9.17, 15) is 4.79 Å². The third kappa shape index (κ3) is 14.3. The van der Waals surface area contributed by atoms with Crippen LogP contribution in [0.1, 0.15) is 106 Å². The summed E-state index contributed by atoms with van der Waals surface area (Å²) < 4.78 is 0. The highest BCUT2D eigenvalue weighted by atomic mass is 16.2. The van der Waals surface area contributed by atoms with Crippen molar-refractivity contribution < 1.29 is 4.79 Å². The Morgan fingerprint density at radius 3 is 1.79 bits per heavy atom. The maximum absolute atomic E-state index is 12.8. The first kappa shape index (κ1) is 43.8. The molecular formula is C48H67N3O. The molecule has 1 fully saturated rings. The van der Waals surface area contributed by atoms with E-state index in [0.717, 1.165) is 35.2 Å². The van der Waals surface area contributed by atoms with E-state index >= 15 is 0 Å². The van der Waals surface area contributed by atoms with Gasteiger partial charge < -0.3 is 15.5 Å². The molecule has 0 saturated carbocycles. The summed E-state index contributed by atoms with van der Waals surface area (Å²) in [4.78, 5) is 17.2. The number of allylic oxidation sites excluding steroid dienone is 1. The Labute approximate surface area is 317 Å². The molecule has 4 aromatic carbocycles. The van der Waals surface area contributed by atoms with E-state index in [4.69, 9.17) is 5.73 Å². The Hall–Kier alpha value is -4.41. The molecule has 4 heteroatoms. The van der Waals surface area contributed by atoms with Crippen LogP contribution in [0.15, 0.2) is 116 Å². The summed E-state index contributed by atoms with van der Waals surface area (Å²) in [7, 11) is 0. The zero-order valence-corrected chi connectivity index (χ0v) is 33.8. The van der Waals surface area contributed by atoms with Crippen molar-refractivity contribution >= 4 is 22.9 Å². The number of carbonyl (C=O) groups is 1. The maximum atomic E-state index is 12.8. The third-order valence-electron chi connectivity index (χ3n) is 9.95. The Bertz CT molecular complexity index is 1610. The highest BCUT2D eigenvalue weighted by Gasteiger charge is 2.20. The summed E-state index contributed by atoms with van der Waals surface area (Å²) >= 11 is 0. The van der Waals surface area contributed by atoms with Gasteiger partial charge in [-0.1, -0.05) is 100.0 Å². The molecule has 1 saturated heterocycles. The number of amides is 1. The lowest BCUT2D eigenvalue weighted by Crippen LogP contribution is -2.30. The highest BCUT2D eigenvalue weighted by Crippen LogP contribution is 2.26. The van der Waals surface area contributed by atoms with Crippen molar-refractivity contribution in [2.45, 2.75) is 94.0 Å². The largest absolute Gasteiger partial charge is 0.399 e. The first-order valence-corrected chi connectivity index (χ1v) is 19.2. The Kier molecular flexibility index (Phi) is 19.5. The number of likely N-dealkylation sites (tertiary alicyclic amines) is 1. The van der Waals surface area contributed by atoms with Gasteiger partial charge in [0.15, 0.2) is 0 Å². The molecular weight excluding hydrogens is 635 g/mol. The Morgan fingerprint density at radius 2 is 1.31 bits per heavy atom. The molecule has 0 aliphatic carbocycles. The molecule has 5 rings (SSSR count). The molecule has 4 nitrogen and oxygen atoms in total. The second-order valence-corrected chi connectivity index (χ2v) is 14.4. The lowest BCUT2D eigenvalue weighted by Gasteiger charge is -2.25. The minimum Gasteiger partial charge on any atom is -0.399 e. The van der Waals surface area contributed by atoms with Gasteiger partial charge in [-0.3, -0.25) is 4.79 Å². The van der Waals surface area contributed by atoms with E-state index in [1.54, 1.807) is 4.90 Å². The summed E-state index contributed by atoms with van der Waals surface area (Å²) in [6.45, 7) is 28.9. The molecule has 1 atom stereocenters. The summed E-state index contributed by atoms with van der Waals surface area (Å²) in [6, 6.07) is 33.2. The van der Waals surface area contributed by atoms with Crippen LogP contribution in [0.25, 0.3) is 5.57 Å².